The molecule has 2 amide bonds. The summed E-state index contributed by atoms with van der Waals surface area (Å²) in [6.07, 6.45) is 0. The second kappa shape index (κ2) is 7.84. The molecular formula is C21H21N3O3S. The van der Waals surface area contributed by atoms with E-state index in [0.717, 1.165) is 11.1 Å². The third-order valence-corrected chi connectivity index (χ3v) is 5.09. The fourth-order valence-corrected chi connectivity index (χ4v) is 3.72. The van der Waals surface area contributed by atoms with Gasteiger partial charge < -0.3 is 5.32 Å². The van der Waals surface area contributed by atoms with Crippen LogP contribution in [0.2, 0.25) is 0 Å². The van der Waals surface area contributed by atoms with Crippen LogP contribution in [0.15, 0.2) is 77.7 Å². The largest absolute Gasteiger partial charge is 0.330 e. The van der Waals surface area contributed by atoms with Crippen LogP contribution in [0.3, 0.4) is 0 Å². The molecule has 0 aliphatic rings. The normalized spacial score (nSPS) is 11.1. The molecule has 0 aromatic heterocycles. The lowest BCUT2D eigenvalue weighted by atomic mass is 10.1. The van der Waals surface area contributed by atoms with Crippen molar-refractivity contribution in [1.82, 2.24) is 0 Å². The molecule has 0 heterocycles. The molecule has 144 valence electrons. The Bertz CT molecular complexity index is 1090. The van der Waals surface area contributed by atoms with Gasteiger partial charge in [-0.25, -0.2) is 18.4 Å². The maximum Gasteiger partial charge on any atom is 0.330 e. The van der Waals surface area contributed by atoms with Crippen LogP contribution in [-0.4, -0.2) is 14.4 Å². The summed E-state index contributed by atoms with van der Waals surface area (Å²) in [6, 6.07) is 20.5. The number of aryl methyl sites for hydroxylation is 2. The number of anilines is 3. The lowest BCUT2D eigenvalue weighted by Gasteiger charge is -2.24. The number of nitrogens with two attached hydrogens (primary N) is 1. The number of primary sulfonamides is 1. The number of amides is 2. The minimum Gasteiger partial charge on any atom is -0.306 e. The van der Waals surface area contributed by atoms with Gasteiger partial charge in [-0.05, 0) is 61.4 Å². The topological polar surface area (TPSA) is 92.5 Å². The van der Waals surface area contributed by atoms with Gasteiger partial charge in [0, 0.05) is 0 Å². The molecule has 0 radical (unpaired) electrons. The molecule has 6 nitrogen and oxygen atoms in total. The Hall–Kier alpha value is -3.16. The first-order valence-corrected chi connectivity index (χ1v) is 10.2. The summed E-state index contributed by atoms with van der Waals surface area (Å²) in [5.41, 5.74) is 3.47. The third-order valence-electron chi connectivity index (χ3n) is 4.12. The molecule has 0 unspecified atom stereocenters. The Labute approximate surface area is 164 Å². The standard InChI is InChI=1S/C21H21N3O3S/c1-15-12-16(2)14-18(13-15)24(17-8-4-3-5-9-17)21(25)23-19-10-6-7-11-20(19)28(22,26)27/h3-14H,1-2H3,(H,23,25)(H2,22,26,27). The van der Waals surface area contributed by atoms with Gasteiger partial charge in [0.05, 0.1) is 17.1 Å². The monoisotopic (exact) mass is 395 g/mol. The van der Waals surface area contributed by atoms with Crippen molar-refractivity contribution in [3.63, 3.8) is 0 Å². The molecule has 3 N–H and O–H groups in total. The molecule has 0 spiro atoms. The van der Waals surface area contributed by atoms with Crippen molar-refractivity contribution in [2.24, 2.45) is 5.14 Å². The lowest BCUT2D eigenvalue weighted by Crippen LogP contribution is -2.31. The van der Waals surface area contributed by atoms with Crippen molar-refractivity contribution in [3.05, 3.63) is 83.9 Å². The zero-order chi connectivity index (χ0) is 20.3. The quantitative estimate of drug-likeness (QED) is 0.689. The van der Waals surface area contributed by atoms with Crippen molar-refractivity contribution in [2.45, 2.75) is 18.7 Å². The number of rotatable bonds is 4. The first kappa shape index (κ1) is 19.6. The van der Waals surface area contributed by atoms with Crippen LogP contribution in [0, 0.1) is 13.8 Å². The highest BCUT2D eigenvalue weighted by molar-refractivity contribution is 7.89. The van der Waals surface area contributed by atoms with Crippen molar-refractivity contribution >= 4 is 33.1 Å². The summed E-state index contributed by atoms with van der Waals surface area (Å²) in [7, 11) is -3.98. The van der Waals surface area contributed by atoms with E-state index in [0.29, 0.717) is 11.4 Å². The average Bonchev–Trinajstić information content (AvgIpc) is 2.61. The number of urea groups is 1. The van der Waals surface area contributed by atoms with Gasteiger partial charge in [0.25, 0.3) is 0 Å². The van der Waals surface area contributed by atoms with E-state index in [-0.39, 0.29) is 10.6 Å². The molecule has 0 fully saturated rings. The molecular weight excluding hydrogens is 374 g/mol. The van der Waals surface area contributed by atoms with Crippen LogP contribution in [0.4, 0.5) is 21.9 Å². The number of sulfonamides is 1. The fourth-order valence-electron chi connectivity index (χ4n) is 3.03. The van der Waals surface area contributed by atoms with E-state index in [1.54, 1.807) is 12.1 Å². The zero-order valence-electron chi connectivity index (χ0n) is 15.6. The number of para-hydroxylation sites is 2. The van der Waals surface area contributed by atoms with Gasteiger partial charge in [-0.3, -0.25) is 4.90 Å². The summed E-state index contributed by atoms with van der Waals surface area (Å²) in [5, 5.41) is 7.96. The van der Waals surface area contributed by atoms with Gasteiger partial charge >= 0.3 is 6.03 Å². The molecule has 28 heavy (non-hydrogen) atoms. The summed E-state index contributed by atoms with van der Waals surface area (Å²) >= 11 is 0. The Kier molecular flexibility index (Phi) is 5.48. The summed E-state index contributed by atoms with van der Waals surface area (Å²) < 4.78 is 23.7. The maximum atomic E-state index is 13.2. The van der Waals surface area contributed by atoms with Crippen LogP contribution >= 0.6 is 0 Å². The molecule has 7 heteroatoms. The number of nitrogens with one attached hydrogen (secondary N) is 1. The summed E-state index contributed by atoms with van der Waals surface area (Å²) in [6.45, 7) is 3.90. The zero-order valence-corrected chi connectivity index (χ0v) is 16.4. The van der Waals surface area contributed by atoms with Gasteiger partial charge in [0.1, 0.15) is 4.90 Å². The highest BCUT2D eigenvalue weighted by Gasteiger charge is 2.21. The molecule has 0 aliphatic carbocycles. The van der Waals surface area contributed by atoms with Crippen molar-refractivity contribution in [1.29, 1.82) is 0 Å². The molecule has 3 aromatic carbocycles. The average molecular weight is 395 g/mol. The molecule has 3 aromatic rings. The molecule has 0 atom stereocenters. The van der Waals surface area contributed by atoms with E-state index >= 15 is 0 Å². The third kappa shape index (κ3) is 4.39. The minimum atomic E-state index is -3.98. The Morgan fingerprint density at radius 3 is 2.04 bits per heavy atom. The smallest absolute Gasteiger partial charge is 0.306 e. The molecule has 0 bridgehead atoms. The number of nitrogens with zero attached hydrogens (tertiary/aromatic N) is 1. The van der Waals surface area contributed by atoms with E-state index in [4.69, 9.17) is 5.14 Å². The maximum absolute atomic E-state index is 13.2. The van der Waals surface area contributed by atoms with Gasteiger partial charge in [-0.15, -0.1) is 0 Å². The number of benzene rings is 3. The van der Waals surface area contributed by atoms with Gasteiger partial charge in [0.15, 0.2) is 0 Å². The van der Waals surface area contributed by atoms with Crippen molar-refractivity contribution in [3.8, 4) is 0 Å². The molecule has 0 saturated carbocycles. The van der Waals surface area contributed by atoms with E-state index < -0.39 is 16.1 Å². The predicted molar refractivity (Wildman–Crippen MR) is 111 cm³/mol. The summed E-state index contributed by atoms with van der Waals surface area (Å²) in [5.74, 6) is 0. The second-order valence-corrected chi connectivity index (χ2v) is 8.02. The van der Waals surface area contributed by atoms with Crippen LogP contribution in [-0.2, 0) is 10.0 Å². The van der Waals surface area contributed by atoms with Crippen LogP contribution < -0.4 is 15.4 Å². The Morgan fingerprint density at radius 2 is 1.43 bits per heavy atom. The van der Waals surface area contributed by atoms with E-state index in [1.807, 2.05) is 62.4 Å². The SMILES string of the molecule is Cc1cc(C)cc(N(C(=O)Nc2ccccc2S(N)(=O)=O)c2ccccc2)c1. The van der Waals surface area contributed by atoms with Crippen LogP contribution in [0.25, 0.3) is 0 Å². The van der Waals surface area contributed by atoms with Crippen LogP contribution in [0.5, 0.6) is 0 Å². The first-order chi connectivity index (χ1) is 13.3. The Morgan fingerprint density at radius 1 is 0.857 bits per heavy atom. The number of hydrogen-bond donors (Lipinski definition) is 2. The van der Waals surface area contributed by atoms with E-state index in [1.165, 1.54) is 17.0 Å². The lowest BCUT2D eigenvalue weighted by molar-refractivity contribution is 0.259. The number of carbonyl (C=O) groups excluding carboxylic acids is 1. The predicted octanol–water partition coefficient (Wildman–Crippen LogP) is 4.32. The van der Waals surface area contributed by atoms with Gasteiger partial charge in [0.2, 0.25) is 10.0 Å². The van der Waals surface area contributed by atoms with Gasteiger partial charge in [-0.2, -0.15) is 0 Å². The minimum absolute atomic E-state index is 0.125. The van der Waals surface area contributed by atoms with E-state index in [2.05, 4.69) is 5.32 Å². The van der Waals surface area contributed by atoms with Gasteiger partial charge in [-0.1, -0.05) is 36.4 Å². The van der Waals surface area contributed by atoms with Crippen molar-refractivity contribution < 1.29 is 13.2 Å². The fraction of sp³-hybridized carbons (Fsp3) is 0.0952. The number of hydrogen-bond acceptors (Lipinski definition) is 3. The first-order valence-electron chi connectivity index (χ1n) is 8.62. The van der Waals surface area contributed by atoms with Crippen molar-refractivity contribution in [2.75, 3.05) is 10.2 Å². The second-order valence-electron chi connectivity index (χ2n) is 6.49. The highest BCUT2D eigenvalue weighted by atomic mass is 32.2. The summed E-state index contributed by atoms with van der Waals surface area (Å²) in [4.78, 5) is 14.6. The van der Waals surface area contributed by atoms with Crippen LogP contribution in [0.1, 0.15) is 11.1 Å². The highest BCUT2D eigenvalue weighted by Crippen LogP contribution is 2.29. The molecule has 0 saturated heterocycles. The van der Waals surface area contributed by atoms with E-state index in [9.17, 15) is 13.2 Å². The molecule has 3 rings (SSSR count). The number of carbonyl (C=O) groups is 1. The molecule has 0 aliphatic heterocycles. The Balaban J connectivity index is 2.06.